The Morgan fingerprint density at radius 2 is 2.00 bits per heavy atom. The van der Waals surface area contributed by atoms with Crippen molar-refractivity contribution in [3.05, 3.63) is 0 Å². The molecule has 82 valence electrons. The third kappa shape index (κ3) is 3.29. The number of hydrogen-bond donors (Lipinski definition) is 2. The van der Waals surface area contributed by atoms with Crippen molar-refractivity contribution >= 4 is 5.91 Å². The Hall–Kier alpha value is -0.570. The molecule has 1 unspecified atom stereocenters. The lowest BCUT2D eigenvalue weighted by Gasteiger charge is -2.17. The van der Waals surface area contributed by atoms with Gasteiger partial charge in [-0.2, -0.15) is 0 Å². The van der Waals surface area contributed by atoms with E-state index in [1.807, 2.05) is 0 Å². The van der Waals surface area contributed by atoms with Crippen LogP contribution in [0, 0.1) is 11.8 Å². The number of rotatable bonds is 4. The van der Waals surface area contributed by atoms with Crippen LogP contribution in [0.3, 0.4) is 0 Å². The molecule has 3 heteroatoms. The molecule has 1 amide bonds. The van der Waals surface area contributed by atoms with Crippen molar-refractivity contribution in [2.24, 2.45) is 17.6 Å². The third-order valence-corrected chi connectivity index (χ3v) is 3.09. The highest BCUT2D eigenvalue weighted by molar-refractivity contribution is 5.78. The Labute approximate surface area is 86.4 Å². The second-order valence-electron chi connectivity index (χ2n) is 4.63. The van der Waals surface area contributed by atoms with Gasteiger partial charge in [0.1, 0.15) is 0 Å². The molecule has 14 heavy (non-hydrogen) atoms. The van der Waals surface area contributed by atoms with Crippen LogP contribution in [0.2, 0.25) is 0 Å². The van der Waals surface area contributed by atoms with Crippen LogP contribution in [0.5, 0.6) is 0 Å². The van der Waals surface area contributed by atoms with Crippen molar-refractivity contribution in [3.8, 4) is 0 Å². The average Bonchev–Trinajstić information content (AvgIpc) is 2.66. The van der Waals surface area contributed by atoms with Crippen LogP contribution in [0.25, 0.3) is 0 Å². The topological polar surface area (TPSA) is 55.1 Å². The van der Waals surface area contributed by atoms with E-state index < -0.39 is 0 Å². The van der Waals surface area contributed by atoms with E-state index in [2.05, 4.69) is 19.2 Å². The summed E-state index contributed by atoms with van der Waals surface area (Å²) in [4.78, 5) is 11.6. The van der Waals surface area contributed by atoms with Crippen molar-refractivity contribution in [1.29, 1.82) is 0 Å². The number of nitrogens with one attached hydrogen (secondary N) is 1. The molecule has 0 bridgehead atoms. The molecule has 0 aliphatic heterocycles. The second-order valence-corrected chi connectivity index (χ2v) is 4.63. The smallest absolute Gasteiger partial charge is 0.223 e. The summed E-state index contributed by atoms with van der Waals surface area (Å²) in [5.41, 5.74) is 5.85. The van der Waals surface area contributed by atoms with Crippen LogP contribution >= 0.6 is 0 Å². The monoisotopic (exact) mass is 198 g/mol. The number of carbonyl (C=O) groups excluding carboxylic acids is 1. The van der Waals surface area contributed by atoms with Crippen molar-refractivity contribution in [1.82, 2.24) is 5.32 Å². The minimum atomic E-state index is 0.0837. The van der Waals surface area contributed by atoms with Crippen molar-refractivity contribution in [2.75, 3.05) is 6.54 Å². The molecule has 3 N–H and O–H groups in total. The Bertz CT molecular complexity index is 186. The SMILES string of the molecule is CC(C)C(N)CNC(=O)C1CCCC1. The maximum Gasteiger partial charge on any atom is 0.223 e. The van der Waals surface area contributed by atoms with Crippen LogP contribution in [-0.4, -0.2) is 18.5 Å². The fourth-order valence-corrected chi connectivity index (χ4v) is 1.79. The van der Waals surface area contributed by atoms with Gasteiger partial charge in [0.05, 0.1) is 0 Å². The van der Waals surface area contributed by atoms with Gasteiger partial charge in [0, 0.05) is 18.5 Å². The highest BCUT2D eigenvalue weighted by atomic mass is 16.1. The molecule has 0 heterocycles. The Morgan fingerprint density at radius 1 is 1.43 bits per heavy atom. The molecule has 0 aromatic rings. The Kier molecular flexibility index (Phi) is 4.39. The first-order valence-electron chi connectivity index (χ1n) is 5.64. The Morgan fingerprint density at radius 3 is 2.50 bits per heavy atom. The highest BCUT2D eigenvalue weighted by Crippen LogP contribution is 2.24. The van der Waals surface area contributed by atoms with Gasteiger partial charge in [-0.3, -0.25) is 4.79 Å². The van der Waals surface area contributed by atoms with Crippen molar-refractivity contribution < 1.29 is 4.79 Å². The van der Waals surface area contributed by atoms with Crippen LogP contribution in [0.1, 0.15) is 39.5 Å². The standard InChI is InChI=1S/C11H22N2O/c1-8(2)10(12)7-13-11(14)9-5-3-4-6-9/h8-10H,3-7,12H2,1-2H3,(H,13,14). The van der Waals surface area contributed by atoms with Gasteiger partial charge in [-0.25, -0.2) is 0 Å². The lowest BCUT2D eigenvalue weighted by atomic mass is 10.0. The average molecular weight is 198 g/mol. The third-order valence-electron chi connectivity index (χ3n) is 3.09. The molecular weight excluding hydrogens is 176 g/mol. The molecular formula is C11H22N2O. The van der Waals surface area contributed by atoms with E-state index >= 15 is 0 Å². The van der Waals surface area contributed by atoms with Gasteiger partial charge in [0.25, 0.3) is 0 Å². The first-order chi connectivity index (χ1) is 6.61. The van der Waals surface area contributed by atoms with E-state index in [1.165, 1.54) is 12.8 Å². The Balaban J connectivity index is 2.20. The lowest BCUT2D eigenvalue weighted by Crippen LogP contribution is -2.42. The van der Waals surface area contributed by atoms with Gasteiger partial charge in [-0.15, -0.1) is 0 Å². The molecule has 0 aromatic heterocycles. The zero-order valence-electron chi connectivity index (χ0n) is 9.25. The number of amides is 1. The molecule has 0 spiro atoms. The predicted octanol–water partition coefficient (Wildman–Crippen LogP) is 1.28. The van der Waals surface area contributed by atoms with Gasteiger partial charge < -0.3 is 11.1 Å². The summed E-state index contributed by atoms with van der Waals surface area (Å²) in [6.45, 7) is 4.77. The minimum absolute atomic E-state index is 0.0837. The molecule has 1 fully saturated rings. The van der Waals surface area contributed by atoms with Crippen molar-refractivity contribution in [3.63, 3.8) is 0 Å². The van der Waals surface area contributed by atoms with Crippen molar-refractivity contribution in [2.45, 2.75) is 45.6 Å². The number of nitrogens with two attached hydrogens (primary N) is 1. The fraction of sp³-hybridized carbons (Fsp3) is 0.909. The first kappa shape index (κ1) is 11.5. The zero-order valence-corrected chi connectivity index (χ0v) is 9.25. The summed E-state index contributed by atoms with van der Waals surface area (Å²) in [5.74, 6) is 0.895. The first-order valence-corrected chi connectivity index (χ1v) is 5.64. The number of carbonyl (C=O) groups is 1. The second kappa shape index (κ2) is 5.35. The van der Waals surface area contributed by atoms with E-state index in [4.69, 9.17) is 5.73 Å². The quantitative estimate of drug-likeness (QED) is 0.715. The maximum atomic E-state index is 11.6. The molecule has 1 atom stereocenters. The molecule has 1 rings (SSSR count). The summed E-state index contributed by atoms with van der Waals surface area (Å²) in [6, 6.07) is 0.0837. The van der Waals surface area contributed by atoms with Crippen LogP contribution in [0.15, 0.2) is 0 Å². The molecule has 1 saturated carbocycles. The van der Waals surface area contributed by atoms with E-state index in [-0.39, 0.29) is 17.9 Å². The predicted molar refractivity (Wildman–Crippen MR) is 57.8 cm³/mol. The summed E-state index contributed by atoms with van der Waals surface area (Å²) >= 11 is 0. The maximum absolute atomic E-state index is 11.6. The van der Waals surface area contributed by atoms with E-state index in [9.17, 15) is 4.79 Å². The summed E-state index contributed by atoms with van der Waals surface area (Å²) in [7, 11) is 0. The summed E-state index contributed by atoms with van der Waals surface area (Å²) in [5, 5.41) is 2.94. The van der Waals surface area contributed by atoms with Gasteiger partial charge in [-0.05, 0) is 18.8 Å². The molecule has 3 nitrogen and oxygen atoms in total. The summed E-state index contributed by atoms with van der Waals surface area (Å²) < 4.78 is 0. The highest BCUT2D eigenvalue weighted by Gasteiger charge is 2.22. The summed E-state index contributed by atoms with van der Waals surface area (Å²) in [6.07, 6.45) is 4.52. The molecule has 0 aromatic carbocycles. The van der Waals surface area contributed by atoms with E-state index in [1.54, 1.807) is 0 Å². The lowest BCUT2D eigenvalue weighted by molar-refractivity contribution is -0.124. The van der Waals surface area contributed by atoms with E-state index in [0.717, 1.165) is 12.8 Å². The van der Waals surface area contributed by atoms with Crippen LogP contribution in [-0.2, 0) is 4.79 Å². The van der Waals surface area contributed by atoms with Gasteiger partial charge in [-0.1, -0.05) is 26.7 Å². The van der Waals surface area contributed by atoms with Gasteiger partial charge in [0.2, 0.25) is 5.91 Å². The zero-order chi connectivity index (χ0) is 10.6. The van der Waals surface area contributed by atoms with Gasteiger partial charge >= 0.3 is 0 Å². The van der Waals surface area contributed by atoms with Crippen LogP contribution < -0.4 is 11.1 Å². The van der Waals surface area contributed by atoms with E-state index in [0.29, 0.717) is 12.5 Å². The molecule has 1 aliphatic rings. The van der Waals surface area contributed by atoms with Gasteiger partial charge in [0.15, 0.2) is 0 Å². The fourth-order valence-electron chi connectivity index (χ4n) is 1.79. The molecule has 0 radical (unpaired) electrons. The minimum Gasteiger partial charge on any atom is -0.354 e. The number of hydrogen-bond acceptors (Lipinski definition) is 2. The normalized spacial score (nSPS) is 20.0. The largest absolute Gasteiger partial charge is 0.354 e. The van der Waals surface area contributed by atoms with Crippen LogP contribution in [0.4, 0.5) is 0 Å². The molecule has 1 aliphatic carbocycles. The molecule has 0 saturated heterocycles.